The highest BCUT2D eigenvalue weighted by Gasteiger charge is 2.25. The van der Waals surface area contributed by atoms with Crippen LogP contribution >= 0.6 is 35.3 Å². The number of halogens is 2. The molecule has 2 N–H and O–H groups in total. The summed E-state index contributed by atoms with van der Waals surface area (Å²) in [5.41, 5.74) is 2.16. The summed E-state index contributed by atoms with van der Waals surface area (Å²) in [5, 5.41) is 7.82. The second-order valence-electron chi connectivity index (χ2n) is 6.42. The van der Waals surface area contributed by atoms with Gasteiger partial charge in [0.15, 0.2) is 5.13 Å². The minimum absolute atomic E-state index is 0. The Morgan fingerprint density at radius 3 is 3.04 bits per heavy atom. The Bertz CT molecular complexity index is 735. The van der Waals surface area contributed by atoms with E-state index in [-0.39, 0.29) is 24.2 Å². The SMILES string of the molecule is Cc1cccc(Cc2cnc(NC(=O)[C@H]3CCN[C@@H](C)C3)s2)c1Cl.Cl. The molecule has 0 saturated carbocycles. The van der Waals surface area contributed by atoms with Crippen molar-refractivity contribution in [3.8, 4) is 0 Å². The van der Waals surface area contributed by atoms with Crippen LogP contribution in [0.5, 0.6) is 0 Å². The lowest BCUT2D eigenvalue weighted by molar-refractivity contribution is -0.120. The normalized spacial score (nSPS) is 20.0. The molecule has 1 aliphatic heterocycles. The second-order valence-corrected chi connectivity index (χ2v) is 7.92. The van der Waals surface area contributed by atoms with Gasteiger partial charge in [-0.15, -0.1) is 23.7 Å². The highest BCUT2D eigenvalue weighted by Crippen LogP contribution is 2.27. The molecule has 1 aromatic heterocycles. The molecule has 0 spiro atoms. The molecule has 4 nitrogen and oxygen atoms in total. The molecule has 0 unspecified atom stereocenters. The fourth-order valence-electron chi connectivity index (χ4n) is 3.06. The Morgan fingerprint density at radius 1 is 1.48 bits per heavy atom. The predicted octanol–water partition coefficient (Wildman–Crippen LogP) is 4.44. The molecule has 136 valence electrons. The van der Waals surface area contributed by atoms with Gasteiger partial charge in [0.1, 0.15) is 0 Å². The molecular formula is C18H23Cl2N3OS. The van der Waals surface area contributed by atoms with Crippen LogP contribution in [-0.2, 0) is 11.2 Å². The van der Waals surface area contributed by atoms with Gasteiger partial charge in [-0.1, -0.05) is 29.8 Å². The predicted molar refractivity (Wildman–Crippen MR) is 107 cm³/mol. The van der Waals surface area contributed by atoms with Gasteiger partial charge in [-0.3, -0.25) is 4.79 Å². The van der Waals surface area contributed by atoms with Gasteiger partial charge in [0.2, 0.25) is 5.91 Å². The number of anilines is 1. The van der Waals surface area contributed by atoms with E-state index in [0.717, 1.165) is 46.8 Å². The van der Waals surface area contributed by atoms with Gasteiger partial charge in [-0.2, -0.15) is 0 Å². The van der Waals surface area contributed by atoms with Gasteiger partial charge in [-0.05, 0) is 44.4 Å². The monoisotopic (exact) mass is 399 g/mol. The number of carbonyl (C=O) groups excluding carboxylic acids is 1. The second kappa shape index (κ2) is 8.99. The van der Waals surface area contributed by atoms with E-state index in [0.29, 0.717) is 11.2 Å². The molecule has 2 atom stereocenters. The average molecular weight is 400 g/mol. The Labute approximate surface area is 163 Å². The number of carbonyl (C=O) groups is 1. The van der Waals surface area contributed by atoms with Crippen molar-refractivity contribution in [3.05, 3.63) is 45.4 Å². The van der Waals surface area contributed by atoms with Crippen LogP contribution in [0.4, 0.5) is 5.13 Å². The number of hydrogen-bond donors (Lipinski definition) is 2. The van der Waals surface area contributed by atoms with Crippen molar-refractivity contribution in [2.75, 3.05) is 11.9 Å². The molecule has 0 radical (unpaired) electrons. The number of rotatable bonds is 4. The third kappa shape index (κ3) is 5.17. The van der Waals surface area contributed by atoms with Crippen LogP contribution in [0.15, 0.2) is 24.4 Å². The van der Waals surface area contributed by atoms with E-state index in [1.807, 2.05) is 31.3 Å². The smallest absolute Gasteiger partial charge is 0.229 e. The first-order valence-corrected chi connectivity index (χ1v) is 9.45. The molecule has 1 saturated heterocycles. The van der Waals surface area contributed by atoms with Crippen molar-refractivity contribution in [3.63, 3.8) is 0 Å². The molecule has 7 heteroatoms. The number of aromatic nitrogens is 1. The molecule has 1 aliphatic rings. The largest absolute Gasteiger partial charge is 0.314 e. The zero-order valence-electron chi connectivity index (χ0n) is 14.3. The molecule has 1 aromatic carbocycles. The van der Waals surface area contributed by atoms with Crippen molar-refractivity contribution < 1.29 is 4.79 Å². The fourth-order valence-corrected chi connectivity index (χ4v) is 4.09. The van der Waals surface area contributed by atoms with Crippen LogP contribution in [-0.4, -0.2) is 23.5 Å². The Hall–Kier alpha value is -1.14. The highest BCUT2D eigenvalue weighted by atomic mass is 35.5. The van der Waals surface area contributed by atoms with Crippen molar-refractivity contribution in [1.29, 1.82) is 0 Å². The lowest BCUT2D eigenvalue weighted by Crippen LogP contribution is -2.40. The number of nitrogens with zero attached hydrogens (tertiary/aromatic N) is 1. The zero-order chi connectivity index (χ0) is 17.1. The van der Waals surface area contributed by atoms with Gasteiger partial charge in [-0.25, -0.2) is 4.98 Å². The zero-order valence-corrected chi connectivity index (χ0v) is 16.7. The number of thiazole rings is 1. The summed E-state index contributed by atoms with van der Waals surface area (Å²) < 4.78 is 0. The molecule has 0 bridgehead atoms. The summed E-state index contributed by atoms with van der Waals surface area (Å²) in [7, 11) is 0. The van der Waals surface area contributed by atoms with Crippen LogP contribution in [0.3, 0.4) is 0 Å². The Balaban J connectivity index is 0.00000225. The van der Waals surface area contributed by atoms with Crippen molar-refractivity contribution in [2.24, 2.45) is 5.92 Å². The number of hydrogen-bond acceptors (Lipinski definition) is 4. The summed E-state index contributed by atoms with van der Waals surface area (Å²) in [6.45, 7) is 5.02. The maximum Gasteiger partial charge on any atom is 0.229 e. The summed E-state index contributed by atoms with van der Waals surface area (Å²) in [6, 6.07) is 6.44. The Kier molecular flexibility index (Phi) is 7.25. The summed E-state index contributed by atoms with van der Waals surface area (Å²) in [6.07, 6.45) is 4.32. The van der Waals surface area contributed by atoms with Crippen LogP contribution in [0, 0.1) is 12.8 Å². The van der Waals surface area contributed by atoms with Gasteiger partial charge in [0, 0.05) is 34.5 Å². The van der Waals surface area contributed by atoms with Gasteiger partial charge >= 0.3 is 0 Å². The van der Waals surface area contributed by atoms with Crippen molar-refractivity contribution >= 4 is 46.4 Å². The number of benzene rings is 1. The van der Waals surface area contributed by atoms with E-state index in [4.69, 9.17) is 11.6 Å². The molecular weight excluding hydrogens is 377 g/mol. The third-order valence-electron chi connectivity index (χ3n) is 4.41. The number of aryl methyl sites for hydroxylation is 1. The van der Waals surface area contributed by atoms with E-state index in [9.17, 15) is 4.79 Å². The van der Waals surface area contributed by atoms with E-state index in [2.05, 4.69) is 22.5 Å². The summed E-state index contributed by atoms with van der Waals surface area (Å²) in [5.74, 6) is 0.151. The molecule has 1 fully saturated rings. The summed E-state index contributed by atoms with van der Waals surface area (Å²) >= 11 is 7.88. The number of piperidine rings is 1. The molecule has 2 aromatic rings. The van der Waals surface area contributed by atoms with Gasteiger partial charge in [0.05, 0.1) is 0 Å². The van der Waals surface area contributed by atoms with E-state index in [1.165, 1.54) is 11.3 Å². The molecule has 25 heavy (non-hydrogen) atoms. The standard InChI is InChI=1S/C18H22ClN3OS.ClH/c1-11-4-3-5-13(16(11)19)9-15-10-21-18(24-15)22-17(23)14-6-7-20-12(2)8-14;/h3-5,10,12,14,20H,6-9H2,1-2H3,(H,21,22,23);1H/t12-,14-;/m0./s1. The van der Waals surface area contributed by atoms with Gasteiger partial charge < -0.3 is 10.6 Å². The first kappa shape index (κ1) is 20.2. The average Bonchev–Trinajstić information content (AvgIpc) is 2.99. The minimum atomic E-state index is 0. The maximum absolute atomic E-state index is 12.4. The third-order valence-corrected chi connectivity index (χ3v) is 5.87. The topological polar surface area (TPSA) is 54.0 Å². The van der Waals surface area contributed by atoms with E-state index in [1.54, 1.807) is 0 Å². The van der Waals surface area contributed by atoms with Crippen molar-refractivity contribution in [1.82, 2.24) is 10.3 Å². The van der Waals surface area contributed by atoms with Crippen LogP contribution in [0.25, 0.3) is 0 Å². The summed E-state index contributed by atoms with van der Waals surface area (Å²) in [4.78, 5) is 17.8. The minimum Gasteiger partial charge on any atom is -0.314 e. The van der Waals surface area contributed by atoms with Crippen LogP contribution < -0.4 is 10.6 Å². The molecule has 3 rings (SSSR count). The van der Waals surface area contributed by atoms with E-state index < -0.39 is 0 Å². The molecule has 2 heterocycles. The fraction of sp³-hybridized carbons (Fsp3) is 0.444. The molecule has 0 aliphatic carbocycles. The number of nitrogens with one attached hydrogen (secondary N) is 2. The quantitative estimate of drug-likeness (QED) is 0.798. The molecule has 1 amide bonds. The van der Waals surface area contributed by atoms with Crippen LogP contribution in [0.1, 0.15) is 35.8 Å². The maximum atomic E-state index is 12.4. The van der Waals surface area contributed by atoms with Gasteiger partial charge in [0.25, 0.3) is 0 Å². The number of amides is 1. The lowest BCUT2D eigenvalue weighted by atomic mass is 9.93. The first-order valence-electron chi connectivity index (χ1n) is 8.26. The van der Waals surface area contributed by atoms with Crippen LogP contribution in [0.2, 0.25) is 5.02 Å². The Morgan fingerprint density at radius 2 is 2.28 bits per heavy atom. The van der Waals surface area contributed by atoms with Crippen molar-refractivity contribution in [2.45, 2.75) is 39.2 Å². The first-order chi connectivity index (χ1) is 11.5. The highest BCUT2D eigenvalue weighted by molar-refractivity contribution is 7.15. The van der Waals surface area contributed by atoms with E-state index >= 15 is 0 Å². The lowest BCUT2D eigenvalue weighted by Gasteiger charge is -2.26.